The first-order valence-electron chi connectivity index (χ1n) is 16.5. The van der Waals surface area contributed by atoms with Crippen LogP contribution in [0.2, 0.25) is 0 Å². The zero-order valence-corrected chi connectivity index (χ0v) is 27.1. The van der Waals surface area contributed by atoms with Crippen molar-refractivity contribution in [1.29, 1.82) is 0 Å². The van der Waals surface area contributed by atoms with E-state index in [9.17, 15) is 29.7 Å². The van der Waals surface area contributed by atoms with Gasteiger partial charge in [-0.1, -0.05) is 48.5 Å². The third-order valence-electron chi connectivity index (χ3n) is 9.10. The monoisotopic (exact) mass is 656 g/mol. The molecule has 11 heteroatoms. The summed E-state index contributed by atoms with van der Waals surface area (Å²) in [6.45, 7) is 2.05. The van der Waals surface area contributed by atoms with Crippen LogP contribution < -0.4 is 20.9 Å². The number of benzene rings is 3. The number of rotatable bonds is 14. The highest BCUT2D eigenvalue weighted by Gasteiger charge is 2.28. The van der Waals surface area contributed by atoms with Crippen molar-refractivity contribution in [2.75, 3.05) is 33.3 Å². The van der Waals surface area contributed by atoms with Crippen LogP contribution in [0.1, 0.15) is 60.9 Å². The van der Waals surface area contributed by atoms with Gasteiger partial charge in [0.25, 0.3) is 0 Å². The van der Waals surface area contributed by atoms with E-state index >= 15 is 0 Å². The van der Waals surface area contributed by atoms with Crippen LogP contribution in [0.4, 0.5) is 4.79 Å². The van der Waals surface area contributed by atoms with Crippen molar-refractivity contribution in [3.63, 3.8) is 0 Å². The smallest absolute Gasteiger partial charge is 0.405 e. The van der Waals surface area contributed by atoms with Crippen molar-refractivity contribution in [3.8, 4) is 11.5 Å². The largest absolute Gasteiger partial charge is 0.506 e. The number of aliphatic hydroxyl groups excluding tert-OH is 1. The lowest BCUT2D eigenvalue weighted by atomic mass is 9.81. The number of fused-ring (bicyclic) bond motifs is 1. The van der Waals surface area contributed by atoms with Crippen molar-refractivity contribution in [2.24, 2.45) is 11.8 Å². The van der Waals surface area contributed by atoms with Gasteiger partial charge < -0.3 is 40.6 Å². The van der Waals surface area contributed by atoms with E-state index in [1.807, 2.05) is 61.6 Å². The molecule has 0 saturated heterocycles. The molecular weight excluding hydrogens is 612 g/mol. The van der Waals surface area contributed by atoms with Gasteiger partial charge in [0.2, 0.25) is 11.5 Å². The van der Waals surface area contributed by atoms with Gasteiger partial charge in [-0.05, 0) is 85.5 Å². The number of hydrogen-bond acceptors (Lipinski definition) is 7. The van der Waals surface area contributed by atoms with Gasteiger partial charge in [0.15, 0.2) is 0 Å². The molecule has 48 heavy (non-hydrogen) atoms. The third-order valence-corrected chi connectivity index (χ3v) is 9.10. The lowest BCUT2D eigenvalue weighted by Gasteiger charge is -2.30. The minimum atomic E-state index is -1.10. The molecule has 254 valence electrons. The highest BCUT2D eigenvalue weighted by atomic mass is 16.5. The molecule has 5 rings (SSSR count). The number of carbonyl (C=O) groups excluding carboxylic acids is 1. The van der Waals surface area contributed by atoms with Gasteiger partial charge in [-0.2, -0.15) is 0 Å². The Morgan fingerprint density at radius 3 is 2.48 bits per heavy atom. The molecular formula is C37H44N4O7. The van der Waals surface area contributed by atoms with E-state index in [-0.39, 0.29) is 23.1 Å². The van der Waals surface area contributed by atoms with E-state index in [0.717, 1.165) is 43.2 Å². The fourth-order valence-corrected chi connectivity index (χ4v) is 6.46. The molecule has 0 radical (unpaired) electrons. The van der Waals surface area contributed by atoms with Crippen LogP contribution in [0.3, 0.4) is 0 Å². The molecule has 1 unspecified atom stereocenters. The van der Waals surface area contributed by atoms with E-state index in [2.05, 4.69) is 15.6 Å². The lowest BCUT2D eigenvalue weighted by molar-refractivity contribution is -0.135. The van der Waals surface area contributed by atoms with Gasteiger partial charge in [-0.3, -0.25) is 9.59 Å². The summed E-state index contributed by atoms with van der Waals surface area (Å²) in [7, 11) is 1.84. The van der Waals surface area contributed by atoms with Crippen LogP contribution in [0.5, 0.6) is 11.5 Å². The minimum absolute atomic E-state index is 0.00713. The Bertz CT molecular complexity index is 1740. The lowest BCUT2D eigenvalue weighted by Crippen LogP contribution is -2.37. The number of ether oxygens (including phenoxy) is 1. The number of hydrogen-bond donors (Lipinski definition) is 6. The normalized spacial score (nSPS) is 17.4. The van der Waals surface area contributed by atoms with Crippen molar-refractivity contribution in [3.05, 3.63) is 106 Å². The van der Waals surface area contributed by atoms with E-state index in [0.29, 0.717) is 54.4 Å². The van der Waals surface area contributed by atoms with Crippen LogP contribution in [0.25, 0.3) is 10.9 Å². The summed E-state index contributed by atoms with van der Waals surface area (Å²) in [5, 5.41) is 36.7. The number of nitrogens with one attached hydrogen (secondary N) is 3. The van der Waals surface area contributed by atoms with Crippen molar-refractivity contribution >= 4 is 22.9 Å². The molecule has 1 aromatic heterocycles. The number of carbonyl (C=O) groups is 2. The summed E-state index contributed by atoms with van der Waals surface area (Å²) in [6, 6.07) is 22.5. The van der Waals surface area contributed by atoms with E-state index in [1.54, 1.807) is 17.0 Å². The number of nitrogens with zero attached hydrogens (tertiary/aromatic N) is 1. The zero-order chi connectivity index (χ0) is 34.0. The quantitative estimate of drug-likeness (QED) is 0.104. The first-order chi connectivity index (χ1) is 23.2. The third kappa shape index (κ3) is 8.93. The molecule has 1 fully saturated rings. The predicted octanol–water partition coefficient (Wildman–Crippen LogP) is 4.95. The Kier molecular flexibility index (Phi) is 11.7. The zero-order valence-electron chi connectivity index (χ0n) is 27.1. The summed E-state index contributed by atoms with van der Waals surface area (Å²) in [5.41, 5.74) is 2.23. The number of phenolic OH excluding ortho intramolecular Hbond substituents is 1. The molecule has 2 atom stereocenters. The van der Waals surface area contributed by atoms with E-state index < -0.39 is 18.2 Å². The number of pyridine rings is 1. The summed E-state index contributed by atoms with van der Waals surface area (Å²) >= 11 is 0. The van der Waals surface area contributed by atoms with E-state index in [4.69, 9.17) is 4.74 Å². The SMILES string of the molecule is CN(CCCNC[C@@H](O)c1ccc(O)c2[nH]c(=O)ccc12)C(=O)C1CCC(COc2cccc(C(NC(=O)O)c3ccccc3)c2)CC1. The number of aliphatic hydroxyl groups is 1. The molecule has 0 bridgehead atoms. The van der Waals surface area contributed by atoms with Gasteiger partial charge >= 0.3 is 6.09 Å². The Morgan fingerprint density at radius 1 is 0.979 bits per heavy atom. The van der Waals surface area contributed by atoms with Crippen molar-refractivity contribution in [1.82, 2.24) is 20.5 Å². The number of aromatic nitrogens is 1. The number of amides is 2. The highest BCUT2D eigenvalue weighted by molar-refractivity contribution is 5.87. The fourth-order valence-electron chi connectivity index (χ4n) is 6.46. The molecule has 4 aromatic rings. The van der Waals surface area contributed by atoms with Gasteiger partial charge in [0, 0.05) is 37.5 Å². The topological polar surface area (TPSA) is 164 Å². The van der Waals surface area contributed by atoms with Crippen LogP contribution in [-0.4, -0.2) is 70.5 Å². The van der Waals surface area contributed by atoms with Gasteiger partial charge in [0.1, 0.15) is 11.5 Å². The Balaban J connectivity index is 1.02. The molecule has 11 nitrogen and oxygen atoms in total. The Hall–Kier alpha value is -4.87. The second kappa shape index (κ2) is 16.3. The van der Waals surface area contributed by atoms with Crippen LogP contribution in [0, 0.1) is 11.8 Å². The minimum Gasteiger partial charge on any atom is -0.506 e. The van der Waals surface area contributed by atoms with E-state index in [1.165, 1.54) is 12.1 Å². The molecule has 0 spiro atoms. The molecule has 2 amide bonds. The second-order valence-corrected chi connectivity index (χ2v) is 12.5. The predicted molar refractivity (Wildman–Crippen MR) is 183 cm³/mol. The molecule has 3 aromatic carbocycles. The Morgan fingerprint density at radius 2 is 1.73 bits per heavy atom. The molecule has 1 saturated carbocycles. The first kappa shape index (κ1) is 34.5. The maximum Gasteiger partial charge on any atom is 0.405 e. The second-order valence-electron chi connectivity index (χ2n) is 12.5. The number of aromatic amines is 1. The first-order valence-corrected chi connectivity index (χ1v) is 16.5. The van der Waals surface area contributed by atoms with Crippen LogP contribution >= 0.6 is 0 Å². The summed E-state index contributed by atoms with van der Waals surface area (Å²) in [5.74, 6) is 1.13. The number of phenols is 1. The van der Waals surface area contributed by atoms with Gasteiger partial charge in [-0.25, -0.2) is 4.79 Å². The Labute approximate surface area is 279 Å². The number of H-pyrrole nitrogens is 1. The van der Waals surface area contributed by atoms with Crippen LogP contribution in [-0.2, 0) is 4.79 Å². The van der Waals surface area contributed by atoms with Gasteiger partial charge in [0.05, 0.1) is 24.3 Å². The maximum atomic E-state index is 13.2. The summed E-state index contributed by atoms with van der Waals surface area (Å²) in [6.07, 6.45) is 2.22. The molecule has 1 aliphatic carbocycles. The van der Waals surface area contributed by atoms with Gasteiger partial charge in [-0.15, -0.1) is 0 Å². The van der Waals surface area contributed by atoms with Crippen LogP contribution in [0.15, 0.2) is 83.7 Å². The molecule has 1 heterocycles. The fraction of sp³-hybridized carbons (Fsp3) is 0.378. The maximum absolute atomic E-state index is 13.2. The molecule has 0 aliphatic heterocycles. The molecule has 1 aliphatic rings. The molecule has 6 N–H and O–H groups in total. The number of aromatic hydroxyl groups is 1. The van der Waals surface area contributed by atoms with Crippen molar-refractivity contribution in [2.45, 2.75) is 44.2 Å². The number of carboxylic acid groups (broad SMARTS) is 1. The average molecular weight is 657 g/mol. The highest BCUT2D eigenvalue weighted by Crippen LogP contribution is 2.32. The van der Waals surface area contributed by atoms with Crippen molar-refractivity contribution < 1.29 is 29.6 Å². The standard InChI is InChI=1S/C37H44N4O7/c1-41(20-6-19-38-22-32(43)29-15-17-31(42)35-30(29)16-18-33(44)39-35)36(45)26-13-11-24(12-14-26)23-48-28-10-5-9-27(21-28)34(40-37(46)47)25-7-3-2-4-8-25/h2-5,7-10,15-18,21,24,26,32,34,38,40,42-43H,6,11-14,19-20,22-23H2,1H3,(H,39,44)(H,46,47)/t24?,26?,32-,34?/m1/s1. The summed E-state index contributed by atoms with van der Waals surface area (Å²) in [4.78, 5) is 40.7. The average Bonchev–Trinajstić information content (AvgIpc) is 3.10. The summed E-state index contributed by atoms with van der Waals surface area (Å²) < 4.78 is 6.15.